The Balaban J connectivity index is 0.00000113. The molecule has 222 valence electrons. The van der Waals surface area contributed by atoms with E-state index < -0.39 is 45.8 Å². The summed E-state index contributed by atoms with van der Waals surface area (Å²) in [5.41, 5.74) is 6.34. The van der Waals surface area contributed by atoms with Crippen molar-refractivity contribution < 1.29 is 42.4 Å². The average molecular weight is 600 g/mol. The van der Waals surface area contributed by atoms with Crippen molar-refractivity contribution in [2.75, 3.05) is 11.6 Å². The molecule has 0 radical (unpaired) electrons. The van der Waals surface area contributed by atoms with Gasteiger partial charge in [-0.1, -0.05) is 26.0 Å². The molecule has 8 N–H and O–H groups in total. The average Bonchev–Trinajstić information content (AvgIpc) is 2.90. The van der Waals surface area contributed by atoms with E-state index in [4.69, 9.17) is 15.7 Å². The van der Waals surface area contributed by atoms with Crippen molar-refractivity contribution in [2.24, 2.45) is 11.7 Å². The fourth-order valence-electron chi connectivity index (χ4n) is 3.56. The highest BCUT2D eigenvalue weighted by Gasteiger charge is 2.26. The number of nitrogens with one attached hydrogen (secondary N) is 3. The number of carboxylic acid groups (broad SMARTS) is 2. The first-order valence-corrected chi connectivity index (χ1v) is 13.9. The number of nitrogens with zero attached hydrogens (tertiary/aromatic N) is 1. The third-order valence-electron chi connectivity index (χ3n) is 5.50. The Kier molecular flexibility index (Phi) is 11.0. The highest BCUT2D eigenvalue weighted by molar-refractivity contribution is 7.85. The van der Waals surface area contributed by atoms with E-state index in [0.29, 0.717) is 17.5 Å². The topological polar surface area (TPSA) is 250 Å². The van der Waals surface area contributed by atoms with Crippen LogP contribution in [0.15, 0.2) is 60.8 Å². The van der Waals surface area contributed by atoms with E-state index in [-0.39, 0.29) is 33.8 Å². The van der Waals surface area contributed by atoms with Gasteiger partial charge in [0, 0.05) is 28.6 Å². The van der Waals surface area contributed by atoms with E-state index in [1.807, 2.05) is 0 Å². The van der Waals surface area contributed by atoms with Gasteiger partial charge in [0.25, 0.3) is 21.9 Å². The number of aliphatic carboxylic acids is 1. The van der Waals surface area contributed by atoms with Crippen molar-refractivity contribution in [1.29, 1.82) is 5.41 Å². The van der Waals surface area contributed by atoms with Crippen LogP contribution in [0.4, 0.5) is 5.69 Å². The number of hydrogen-bond acceptors (Lipinski definition) is 8. The quantitative estimate of drug-likeness (QED) is 0.107. The van der Waals surface area contributed by atoms with Crippen LogP contribution in [0.25, 0.3) is 11.1 Å². The molecule has 0 aliphatic carbocycles. The zero-order valence-electron chi connectivity index (χ0n) is 22.7. The van der Waals surface area contributed by atoms with E-state index in [1.54, 1.807) is 44.2 Å². The van der Waals surface area contributed by atoms with Crippen molar-refractivity contribution in [3.05, 3.63) is 83.2 Å². The van der Waals surface area contributed by atoms with E-state index >= 15 is 0 Å². The Labute approximate surface area is 240 Å². The second-order valence-corrected chi connectivity index (χ2v) is 10.6. The molecule has 3 aromatic rings. The molecule has 0 aliphatic heterocycles. The first-order valence-electron chi connectivity index (χ1n) is 12.0. The van der Waals surface area contributed by atoms with Gasteiger partial charge in [0.05, 0.1) is 11.8 Å². The first-order chi connectivity index (χ1) is 19.5. The lowest BCUT2D eigenvalue weighted by atomic mass is 9.95. The van der Waals surface area contributed by atoms with Crippen LogP contribution >= 0.6 is 0 Å². The minimum absolute atomic E-state index is 0.0477. The number of aromatic nitrogens is 1. The molecule has 0 saturated carbocycles. The fraction of sp³-hybridized carbons (Fsp3) is 0.185. The van der Waals surface area contributed by atoms with Crippen molar-refractivity contribution in [3.8, 4) is 11.1 Å². The summed E-state index contributed by atoms with van der Waals surface area (Å²) in [7, 11) is -3.67. The van der Waals surface area contributed by atoms with Crippen molar-refractivity contribution in [3.63, 3.8) is 0 Å². The minimum atomic E-state index is -3.67. The fourth-order valence-corrected chi connectivity index (χ4v) is 3.56. The lowest BCUT2D eigenvalue weighted by molar-refractivity contribution is -0.140. The molecule has 1 atom stereocenters. The largest absolute Gasteiger partial charge is 0.480 e. The lowest BCUT2D eigenvalue weighted by Gasteiger charge is -2.18. The van der Waals surface area contributed by atoms with Crippen LogP contribution in [-0.4, -0.2) is 70.1 Å². The summed E-state index contributed by atoms with van der Waals surface area (Å²) in [6.07, 6.45) is 2.10. The monoisotopic (exact) mass is 599 g/mol. The Morgan fingerprint density at radius 1 is 0.929 bits per heavy atom. The maximum atomic E-state index is 13.0. The molecule has 0 saturated heterocycles. The molecule has 15 heteroatoms. The minimum Gasteiger partial charge on any atom is -0.480 e. The first kappa shape index (κ1) is 33.1. The van der Waals surface area contributed by atoms with Gasteiger partial charge in [0.2, 0.25) is 0 Å². The van der Waals surface area contributed by atoms with E-state index in [0.717, 1.165) is 6.07 Å². The summed E-state index contributed by atoms with van der Waals surface area (Å²) in [6.45, 7) is 3.27. The van der Waals surface area contributed by atoms with E-state index in [9.17, 15) is 37.8 Å². The molecule has 0 fully saturated rings. The Morgan fingerprint density at radius 2 is 1.50 bits per heavy atom. The van der Waals surface area contributed by atoms with Crippen LogP contribution in [-0.2, 0) is 14.9 Å². The summed E-state index contributed by atoms with van der Waals surface area (Å²) in [4.78, 5) is 53.3. The highest BCUT2D eigenvalue weighted by Crippen LogP contribution is 2.28. The number of carboxylic acids is 2. The summed E-state index contributed by atoms with van der Waals surface area (Å²) in [5, 5.41) is 31.7. The zero-order valence-corrected chi connectivity index (χ0v) is 23.5. The van der Waals surface area contributed by atoms with Crippen LogP contribution in [0.5, 0.6) is 0 Å². The SMILES string of the molecule is CC(C)[C@H](NC(=O)c1ccc(-c2cccnc2C(=O)Nc2ccc(C(=N)N)cc2)c(C(=O)O)c1)C(=O)O.CS(=O)(=O)O. The number of nitrogens with two attached hydrogens (primary N) is 1. The molecule has 0 bridgehead atoms. The van der Waals surface area contributed by atoms with Gasteiger partial charge in [-0.05, 0) is 53.9 Å². The molecule has 2 aromatic carbocycles. The number of carbonyl (C=O) groups is 4. The van der Waals surface area contributed by atoms with E-state index in [2.05, 4.69) is 15.6 Å². The Bertz CT molecular complexity index is 1610. The molecule has 14 nitrogen and oxygen atoms in total. The molecule has 0 aliphatic rings. The Hall–Kier alpha value is -5.15. The predicted molar refractivity (Wildman–Crippen MR) is 153 cm³/mol. The standard InChI is InChI=1S/C26H25N5O6.CH4O3S/c1-13(2)20(26(36)37)31-23(32)15-7-10-17(19(12-15)25(34)35)18-4-3-11-29-21(18)24(33)30-16-8-5-14(6-9-16)22(27)28;1-5(2,3)4/h3-13,20H,1-2H3,(H3,27,28)(H,30,33)(H,31,32)(H,34,35)(H,36,37);1H3,(H,2,3,4)/t20-;/m0./s1. The van der Waals surface area contributed by atoms with Gasteiger partial charge in [-0.2, -0.15) is 8.42 Å². The Morgan fingerprint density at radius 3 is 2.00 bits per heavy atom. The highest BCUT2D eigenvalue weighted by atomic mass is 32.2. The number of anilines is 1. The van der Waals surface area contributed by atoms with E-state index in [1.165, 1.54) is 24.4 Å². The number of rotatable bonds is 9. The van der Waals surface area contributed by atoms with Crippen LogP contribution in [0, 0.1) is 11.3 Å². The zero-order chi connectivity index (χ0) is 31.8. The van der Waals surface area contributed by atoms with Gasteiger partial charge in [-0.3, -0.25) is 24.5 Å². The van der Waals surface area contributed by atoms with Crippen molar-refractivity contribution >= 4 is 45.4 Å². The number of hydrogen-bond donors (Lipinski definition) is 7. The smallest absolute Gasteiger partial charge is 0.336 e. The molecule has 0 unspecified atom stereocenters. The predicted octanol–water partition coefficient (Wildman–Crippen LogP) is 2.33. The number of nitrogen functional groups attached to an aromatic ring is 1. The molecule has 0 spiro atoms. The number of benzene rings is 2. The molecule has 3 rings (SSSR count). The molecule has 42 heavy (non-hydrogen) atoms. The van der Waals surface area contributed by atoms with Crippen LogP contribution in [0.2, 0.25) is 0 Å². The van der Waals surface area contributed by atoms with Crippen molar-refractivity contribution in [2.45, 2.75) is 19.9 Å². The van der Waals surface area contributed by atoms with Crippen LogP contribution in [0.1, 0.15) is 50.6 Å². The maximum absolute atomic E-state index is 13.0. The van der Waals surface area contributed by atoms with Gasteiger partial charge in [0.1, 0.15) is 17.6 Å². The summed E-state index contributed by atoms with van der Waals surface area (Å²) >= 11 is 0. The summed E-state index contributed by atoms with van der Waals surface area (Å²) < 4.78 is 25.9. The molecule has 2 amide bonds. The molecular weight excluding hydrogens is 570 g/mol. The van der Waals surface area contributed by atoms with Gasteiger partial charge in [0.15, 0.2) is 0 Å². The number of aromatic carboxylic acids is 1. The number of amides is 2. The second kappa shape index (κ2) is 14.0. The van der Waals surface area contributed by atoms with Gasteiger partial charge in [-0.25, -0.2) is 9.59 Å². The lowest BCUT2D eigenvalue weighted by Crippen LogP contribution is -2.44. The number of pyridine rings is 1. The number of carbonyl (C=O) groups excluding carboxylic acids is 2. The number of amidine groups is 1. The van der Waals surface area contributed by atoms with Gasteiger partial charge < -0.3 is 26.6 Å². The summed E-state index contributed by atoms with van der Waals surface area (Å²) in [5.74, 6) is -4.42. The van der Waals surface area contributed by atoms with Gasteiger partial charge in [-0.15, -0.1) is 0 Å². The third kappa shape index (κ3) is 9.50. The maximum Gasteiger partial charge on any atom is 0.336 e. The van der Waals surface area contributed by atoms with Crippen LogP contribution in [0.3, 0.4) is 0 Å². The molecule has 1 heterocycles. The normalized spacial score (nSPS) is 11.5. The van der Waals surface area contributed by atoms with Crippen molar-refractivity contribution in [1.82, 2.24) is 10.3 Å². The van der Waals surface area contributed by atoms with Crippen LogP contribution < -0.4 is 16.4 Å². The summed E-state index contributed by atoms with van der Waals surface area (Å²) in [6, 6.07) is 12.0. The third-order valence-corrected chi connectivity index (χ3v) is 5.50. The molecular formula is C27H29N5O9S. The van der Waals surface area contributed by atoms with Gasteiger partial charge >= 0.3 is 11.9 Å². The second-order valence-electron chi connectivity index (χ2n) is 9.18. The molecule has 1 aromatic heterocycles.